The maximum Gasteiger partial charge on any atom is 0.271 e. The third kappa shape index (κ3) is 32.7. The van der Waals surface area contributed by atoms with Crippen LogP contribution in [0.25, 0.3) is 0 Å². The number of carbonyl (C=O) groups excluding carboxylic acids is 8. The summed E-state index contributed by atoms with van der Waals surface area (Å²) >= 11 is 0. The van der Waals surface area contributed by atoms with Crippen LogP contribution in [-0.2, 0) is 44.8 Å². The number of benzene rings is 2. The van der Waals surface area contributed by atoms with E-state index in [4.69, 9.17) is 5.73 Å². The van der Waals surface area contributed by atoms with E-state index in [-0.39, 0.29) is 74.3 Å². The summed E-state index contributed by atoms with van der Waals surface area (Å²) < 4.78 is 0. The molecule has 19 nitrogen and oxygen atoms in total. The van der Waals surface area contributed by atoms with Gasteiger partial charge in [0.05, 0.1) is 31.3 Å². The maximum atomic E-state index is 13.6. The monoisotopic (exact) mass is 1160 g/mol. The van der Waals surface area contributed by atoms with Gasteiger partial charge in [-0.25, -0.2) is 0 Å². The second-order valence-electron chi connectivity index (χ2n) is 22.0. The van der Waals surface area contributed by atoms with Gasteiger partial charge in [0.2, 0.25) is 35.9 Å². The summed E-state index contributed by atoms with van der Waals surface area (Å²) in [6, 6.07) is 13.4. The van der Waals surface area contributed by atoms with E-state index in [1.807, 2.05) is 79.7 Å². The first-order valence-electron chi connectivity index (χ1n) is 29.8. The highest BCUT2D eigenvalue weighted by Crippen LogP contribution is 2.24. The van der Waals surface area contributed by atoms with Crippen LogP contribution in [0, 0.1) is 25.2 Å². The summed E-state index contributed by atoms with van der Waals surface area (Å²) in [4.78, 5) is 105. The van der Waals surface area contributed by atoms with E-state index < -0.39 is 59.3 Å². The van der Waals surface area contributed by atoms with Gasteiger partial charge in [-0.3, -0.25) is 38.4 Å². The smallest absolute Gasteiger partial charge is 0.271 e. The molecule has 4 rings (SSSR count). The minimum absolute atomic E-state index is 0.00189. The average molecular weight is 1160 g/mol. The Bertz CT molecular complexity index is 2260. The van der Waals surface area contributed by atoms with E-state index >= 15 is 0 Å². The molecule has 0 aliphatic carbocycles. The van der Waals surface area contributed by atoms with Gasteiger partial charge in [-0.2, -0.15) is 0 Å². The molecule has 472 valence electrons. The first kappa shape index (κ1) is 80.6. The lowest BCUT2D eigenvalue weighted by molar-refractivity contribution is -0.140. The predicted molar refractivity (Wildman–Crippen MR) is 340 cm³/mol. The number of hydrogen-bond donors (Lipinski definition) is 8. The third-order valence-corrected chi connectivity index (χ3v) is 12.2. The van der Waals surface area contributed by atoms with Crippen molar-refractivity contribution in [3.05, 3.63) is 94.2 Å². The fourth-order valence-corrected chi connectivity index (χ4v) is 7.35. The number of amides is 8. The topological polar surface area (TPSA) is 257 Å². The van der Waals surface area contributed by atoms with Crippen molar-refractivity contribution in [2.45, 2.75) is 200 Å². The Morgan fingerprint density at radius 1 is 0.735 bits per heavy atom. The Balaban J connectivity index is -0.00000155. The molecule has 0 radical (unpaired) electrons. The van der Waals surface area contributed by atoms with Gasteiger partial charge in [0.25, 0.3) is 11.8 Å². The number of allylic oxidation sites excluding steroid dienone is 1. The molecule has 0 spiro atoms. The van der Waals surface area contributed by atoms with Crippen LogP contribution in [0.2, 0.25) is 0 Å². The third-order valence-electron chi connectivity index (χ3n) is 12.2. The van der Waals surface area contributed by atoms with E-state index in [0.29, 0.717) is 6.42 Å². The van der Waals surface area contributed by atoms with Crippen LogP contribution in [0.4, 0.5) is 0 Å². The molecule has 2 aromatic carbocycles. The fourth-order valence-electron chi connectivity index (χ4n) is 7.35. The SMILES string of the molecule is CC.CC(C)C.CC/C=C(/C=C(\NC)C(=O)N1CCN(C(=O)[C@@H](NC(=O)[C@H](C)NC)C(C)(C)C)C1)C(=O)NC1CC(C(N)=O)N(C(=O)CNC(=O)C(C)NC)C1.CCC.CCC.CCc1ccc(C)cc1.Cc1ccc(C(C)NC=O)cc1. The van der Waals surface area contributed by atoms with E-state index in [1.54, 1.807) is 41.1 Å². The number of carbonyl (C=O) groups is 8. The van der Waals surface area contributed by atoms with Crippen molar-refractivity contribution < 1.29 is 38.4 Å². The largest absolute Gasteiger partial charge is 0.384 e. The van der Waals surface area contributed by atoms with Gasteiger partial charge < -0.3 is 57.7 Å². The van der Waals surface area contributed by atoms with Gasteiger partial charge in [0, 0.05) is 38.3 Å². The fraction of sp³-hybridized carbons (Fsp3) is 0.625. The highest BCUT2D eigenvalue weighted by molar-refractivity contribution is 6.01. The molecule has 83 heavy (non-hydrogen) atoms. The van der Waals surface area contributed by atoms with Crippen molar-refractivity contribution in [1.82, 2.24) is 51.9 Å². The second-order valence-corrected chi connectivity index (χ2v) is 22.0. The summed E-state index contributed by atoms with van der Waals surface area (Å²) in [5.41, 5.74) is 10.4. The first-order chi connectivity index (χ1) is 39.0. The Morgan fingerprint density at radius 3 is 1.65 bits per heavy atom. The number of likely N-dealkylation sites (N-methyl/N-ethyl adjacent to an activating group) is 3. The number of hydrogen-bond acceptors (Lipinski definition) is 11. The maximum absolute atomic E-state index is 13.6. The number of rotatable bonds is 19. The van der Waals surface area contributed by atoms with Crippen molar-refractivity contribution in [3.63, 3.8) is 0 Å². The molecule has 8 amide bonds. The quantitative estimate of drug-likeness (QED) is 0.0392. The Morgan fingerprint density at radius 2 is 1.22 bits per heavy atom. The molecule has 0 saturated carbocycles. The molecule has 4 unspecified atom stereocenters. The Labute approximate surface area is 501 Å². The number of nitrogens with one attached hydrogen (secondary N) is 7. The lowest BCUT2D eigenvalue weighted by Crippen LogP contribution is -2.57. The summed E-state index contributed by atoms with van der Waals surface area (Å²) in [5, 5.41) is 19.4. The van der Waals surface area contributed by atoms with Crippen molar-refractivity contribution in [3.8, 4) is 0 Å². The number of nitrogens with zero attached hydrogens (tertiary/aromatic N) is 3. The Kier molecular flexibility index (Phi) is 43.6. The van der Waals surface area contributed by atoms with Crippen molar-refractivity contribution >= 4 is 47.8 Å². The molecule has 0 bridgehead atoms. The number of likely N-dealkylation sites (tertiary alicyclic amines) is 1. The van der Waals surface area contributed by atoms with Gasteiger partial charge in [0.1, 0.15) is 17.8 Å². The molecule has 6 atom stereocenters. The summed E-state index contributed by atoms with van der Waals surface area (Å²) in [6.45, 7) is 38.2. The average Bonchev–Trinajstić information content (AvgIpc) is 4.36. The molecule has 9 N–H and O–H groups in total. The van der Waals surface area contributed by atoms with Crippen molar-refractivity contribution in [2.75, 3.05) is 54.0 Å². The minimum atomic E-state index is -0.978. The zero-order valence-corrected chi connectivity index (χ0v) is 55.1. The summed E-state index contributed by atoms with van der Waals surface area (Å²) in [7, 11) is 4.81. The van der Waals surface area contributed by atoms with Gasteiger partial charge in [0.15, 0.2) is 0 Å². The molecular weight excluding hydrogens is 1050 g/mol. The van der Waals surface area contributed by atoms with Crippen LogP contribution in [0.5, 0.6) is 0 Å². The van der Waals surface area contributed by atoms with Gasteiger partial charge in [-0.15, -0.1) is 0 Å². The van der Waals surface area contributed by atoms with E-state index in [2.05, 4.69) is 124 Å². The zero-order valence-electron chi connectivity index (χ0n) is 55.1. The van der Waals surface area contributed by atoms with Crippen LogP contribution >= 0.6 is 0 Å². The van der Waals surface area contributed by atoms with Crippen LogP contribution in [-0.4, -0.2) is 147 Å². The van der Waals surface area contributed by atoms with Gasteiger partial charge >= 0.3 is 0 Å². The van der Waals surface area contributed by atoms with Crippen LogP contribution in [0.15, 0.2) is 72.0 Å². The van der Waals surface area contributed by atoms with Gasteiger partial charge in [-0.05, 0) is 96.5 Å². The van der Waals surface area contributed by atoms with Crippen LogP contribution in [0.3, 0.4) is 0 Å². The van der Waals surface area contributed by atoms with E-state index in [9.17, 15) is 38.4 Å². The first-order valence-corrected chi connectivity index (χ1v) is 29.8. The van der Waals surface area contributed by atoms with Gasteiger partial charge in [-0.1, -0.05) is 176 Å². The Hall–Kier alpha value is -6.60. The highest BCUT2D eigenvalue weighted by atomic mass is 16.2. The molecule has 2 saturated heterocycles. The highest BCUT2D eigenvalue weighted by Gasteiger charge is 2.41. The normalized spacial score (nSPS) is 15.9. The molecule has 2 aliphatic rings. The standard InChI is InChI=1S/C33H56N10O7.C10H13NO.C9H12.C4H10.2C3H8.C2H6/c1-10-11-21(30(48)39-22-15-24(27(34)45)43(17-22)25(44)16-38-28(46)19(2)35-7)14-23(37-9)31(49)41-12-13-42(18-41)32(50)26(33(4,5)6)40-29(47)20(3)36-8;1-8-3-5-10(6-4-8)9(2)11-7-12;1-3-9-6-4-8(2)5-7-9;1-4(2)3;2*1-3-2;1-2/h11,14,19-20,22,24,26,35-37H,10,12-13,15-18H2,1-9H3,(H2,34,45)(H,38,46)(H,39,48)(H,40,47);3-7,9H,1-2H3,(H,11,12);4-7H,3H2,1-2H3;4H,1-3H3;2*3H2,1-2H3;1-2H3/b21-11-,23-14-;;;;;;/t19?,20-,22?,24?,26+;;;;;;/m0....../s1. The molecule has 2 heterocycles. The minimum Gasteiger partial charge on any atom is -0.384 e. The molecule has 2 aromatic rings. The number of nitrogens with two attached hydrogens (primary N) is 1. The molecular formula is C64H113N11O8. The van der Waals surface area contributed by atoms with E-state index in [1.165, 1.54) is 50.3 Å². The van der Waals surface area contributed by atoms with Crippen molar-refractivity contribution in [1.29, 1.82) is 0 Å². The summed E-state index contributed by atoms with van der Waals surface area (Å²) in [6.07, 6.45) is 7.97. The van der Waals surface area contributed by atoms with Crippen molar-refractivity contribution in [2.24, 2.45) is 17.1 Å². The zero-order chi connectivity index (χ0) is 64.6. The molecule has 0 aromatic heterocycles. The molecule has 2 fully saturated rings. The van der Waals surface area contributed by atoms with Crippen LogP contribution in [0.1, 0.15) is 172 Å². The predicted octanol–water partition coefficient (Wildman–Crippen LogP) is 7.37. The summed E-state index contributed by atoms with van der Waals surface area (Å²) in [5.74, 6) is -2.38. The van der Waals surface area contributed by atoms with Crippen LogP contribution < -0.4 is 43.0 Å². The number of primary amides is 1. The lowest BCUT2D eigenvalue weighted by Gasteiger charge is -2.34. The number of aryl methyl sites for hydroxylation is 3. The van der Waals surface area contributed by atoms with E-state index in [0.717, 1.165) is 24.3 Å². The molecule has 2 aliphatic heterocycles. The molecule has 19 heteroatoms. The lowest BCUT2D eigenvalue weighted by atomic mass is 9.85. The second kappa shape index (κ2) is 44.9.